The molecule has 0 aliphatic heterocycles. The zero-order valence-corrected chi connectivity index (χ0v) is 8.60. The molecule has 1 heterocycles. The van der Waals surface area contributed by atoms with Gasteiger partial charge < -0.3 is 15.0 Å². The lowest BCUT2D eigenvalue weighted by atomic mass is 10.3. The first-order valence-corrected chi connectivity index (χ1v) is 4.54. The molecule has 6 nitrogen and oxygen atoms in total. The first-order chi connectivity index (χ1) is 7.00. The van der Waals surface area contributed by atoms with Crippen LogP contribution in [0.3, 0.4) is 0 Å². The van der Waals surface area contributed by atoms with Gasteiger partial charge in [0.25, 0.3) is 5.56 Å². The van der Waals surface area contributed by atoms with Gasteiger partial charge in [0, 0.05) is 12.1 Å². The first-order valence-electron chi connectivity index (χ1n) is 4.54. The van der Waals surface area contributed by atoms with E-state index in [4.69, 9.17) is 5.11 Å². The van der Waals surface area contributed by atoms with Gasteiger partial charge in [-0.15, -0.1) is 0 Å². The Bertz CT molecular complexity index is 400. The van der Waals surface area contributed by atoms with E-state index in [0.717, 1.165) is 0 Å². The van der Waals surface area contributed by atoms with E-state index in [1.807, 2.05) is 13.8 Å². The number of aromatic amines is 1. The molecule has 0 aliphatic rings. The Morgan fingerprint density at radius 3 is 2.80 bits per heavy atom. The number of aromatic nitrogens is 2. The van der Waals surface area contributed by atoms with Gasteiger partial charge in [-0.05, 0) is 13.8 Å². The number of nitrogens with one attached hydrogen (secondary N) is 1. The molecule has 1 rings (SSSR count). The number of aliphatic carboxylic acids is 1. The number of carboxylic acids is 1. The Morgan fingerprint density at radius 1 is 1.67 bits per heavy atom. The summed E-state index contributed by atoms with van der Waals surface area (Å²) >= 11 is 0. The second kappa shape index (κ2) is 4.59. The fourth-order valence-corrected chi connectivity index (χ4v) is 1.19. The molecular weight excluding hydrogens is 198 g/mol. The van der Waals surface area contributed by atoms with E-state index < -0.39 is 5.97 Å². The highest BCUT2D eigenvalue weighted by atomic mass is 16.4. The third-order valence-electron chi connectivity index (χ3n) is 1.89. The van der Waals surface area contributed by atoms with E-state index in [1.54, 1.807) is 0 Å². The number of carboxylic acid groups (broad SMARTS) is 1. The highest BCUT2D eigenvalue weighted by Crippen LogP contribution is 2.09. The van der Waals surface area contributed by atoms with Gasteiger partial charge in [0.15, 0.2) is 0 Å². The number of nitrogens with zero attached hydrogens (tertiary/aromatic N) is 2. The number of anilines is 1. The lowest BCUT2D eigenvalue weighted by Gasteiger charge is -2.25. The molecule has 6 heteroatoms. The number of carbonyl (C=O) groups is 1. The summed E-state index contributed by atoms with van der Waals surface area (Å²) in [5.41, 5.74) is -0.295. The minimum absolute atomic E-state index is 0.0320. The summed E-state index contributed by atoms with van der Waals surface area (Å²) < 4.78 is 0. The lowest BCUT2D eigenvalue weighted by molar-refractivity contribution is -0.135. The first kappa shape index (κ1) is 11.2. The number of hydrogen-bond acceptors (Lipinski definition) is 4. The molecule has 0 fully saturated rings. The standard InChI is InChI=1S/C9H13N3O3/c1-6(2)12(4-9(14)15)7-3-8(13)11-5-10-7/h3,5-6H,4H2,1-2H3,(H,14,15)(H,10,11,13). The smallest absolute Gasteiger partial charge is 0.323 e. The zero-order valence-electron chi connectivity index (χ0n) is 8.60. The Hall–Kier alpha value is -1.85. The van der Waals surface area contributed by atoms with Crippen molar-refractivity contribution in [2.45, 2.75) is 19.9 Å². The molecule has 1 aromatic rings. The van der Waals surface area contributed by atoms with Crippen LogP contribution < -0.4 is 10.5 Å². The molecule has 0 atom stereocenters. The molecule has 0 amide bonds. The molecule has 0 radical (unpaired) electrons. The molecule has 0 aromatic carbocycles. The molecule has 82 valence electrons. The molecule has 2 N–H and O–H groups in total. The third kappa shape index (κ3) is 3.08. The van der Waals surface area contributed by atoms with Crippen molar-refractivity contribution in [1.29, 1.82) is 0 Å². The Kier molecular flexibility index (Phi) is 3.43. The topological polar surface area (TPSA) is 86.3 Å². The van der Waals surface area contributed by atoms with Gasteiger partial charge in [0.05, 0.1) is 6.33 Å². The lowest BCUT2D eigenvalue weighted by Crippen LogP contribution is -2.36. The normalized spacial score (nSPS) is 10.3. The van der Waals surface area contributed by atoms with Gasteiger partial charge in [-0.2, -0.15) is 0 Å². The molecule has 15 heavy (non-hydrogen) atoms. The maximum atomic E-state index is 11.0. The predicted octanol–water partition coefficient (Wildman–Crippen LogP) is 0.0693. The predicted molar refractivity (Wildman–Crippen MR) is 55.0 cm³/mol. The van der Waals surface area contributed by atoms with E-state index in [-0.39, 0.29) is 18.1 Å². The van der Waals surface area contributed by atoms with Crippen LogP contribution >= 0.6 is 0 Å². The van der Waals surface area contributed by atoms with Crippen LogP contribution in [0.2, 0.25) is 0 Å². The fourth-order valence-electron chi connectivity index (χ4n) is 1.19. The second-order valence-electron chi connectivity index (χ2n) is 3.38. The summed E-state index contributed by atoms with van der Waals surface area (Å²) in [6, 6.07) is 1.25. The summed E-state index contributed by atoms with van der Waals surface area (Å²) in [7, 11) is 0. The molecule has 0 aliphatic carbocycles. The van der Waals surface area contributed by atoms with Crippen molar-refractivity contribution < 1.29 is 9.90 Å². The number of hydrogen-bond donors (Lipinski definition) is 2. The minimum Gasteiger partial charge on any atom is -0.480 e. The number of H-pyrrole nitrogens is 1. The molecule has 0 saturated heterocycles. The highest BCUT2D eigenvalue weighted by molar-refractivity contribution is 5.73. The second-order valence-corrected chi connectivity index (χ2v) is 3.38. The zero-order chi connectivity index (χ0) is 11.4. The Labute approximate surface area is 86.6 Å². The molecule has 0 unspecified atom stereocenters. The summed E-state index contributed by atoms with van der Waals surface area (Å²) in [6.45, 7) is 3.51. The van der Waals surface area contributed by atoms with E-state index >= 15 is 0 Å². The highest BCUT2D eigenvalue weighted by Gasteiger charge is 2.15. The maximum Gasteiger partial charge on any atom is 0.323 e. The average Bonchev–Trinajstić information content (AvgIpc) is 2.13. The van der Waals surface area contributed by atoms with E-state index in [1.165, 1.54) is 17.3 Å². The van der Waals surface area contributed by atoms with Crippen LogP contribution in [0.25, 0.3) is 0 Å². The molecule has 1 aromatic heterocycles. The minimum atomic E-state index is -0.953. The maximum absolute atomic E-state index is 11.0. The molecular formula is C9H13N3O3. The van der Waals surface area contributed by atoms with Crippen molar-refractivity contribution in [3.63, 3.8) is 0 Å². The van der Waals surface area contributed by atoms with Crippen LogP contribution in [-0.4, -0.2) is 33.6 Å². The van der Waals surface area contributed by atoms with E-state index in [9.17, 15) is 9.59 Å². The van der Waals surface area contributed by atoms with Gasteiger partial charge in [-0.1, -0.05) is 0 Å². The van der Waals surface area contributed by atoms with Crippen LogP contribution in [0.1, 0.15) is 13.8 Å². The monoisotopic (exact) mass is 211 g/mol. The molecule has 0 bridgehead atoms. The quantitative estimate of drug-likeness (QED) is 0.736. The van der Waals surface area contributed by atoms with Crippen molar-refractivity contribution in [1.82, 2.24) is 9.97 Å². The SMILES string of the molecule is CC(C)N(CC(=O)O)c1cc(=O)[nH]cn1. The summed E-state index contributed by atoms with van der Waals surface area (Å²) in [4.78, 5) is 29.5. The largest absolute Gasteiger partial charge is 0.480 e. The third-order valence-corrected chi connectivity index (χ3v) is 1.89. The average molecular weight is 211 g/mol. The van der Waals surface area contributed by atoms with Gasteiger partial charge >= 0.3 is 5.97 Å². The van der Waals surface area contributed by atoms with Gasteiger partial charge in [-0.3, -0.25) is 9.59 Å². The van der Waals surface area contributed by atoms with Gasteiger partial charge in [-0.25, -0.2) is 4.98 Å². The van der Waals surface area contributed by atoms with Crippen molar-refractivity contribution in [2.24, 2.45) is 0 Å². The van der Waals surface area contributed by atoms with Crippen molar-refractivity contribution >= 4 is 11.8 Å². The van der Waals surface area contributed by atoms with Crippen molar-refractivity contribution in [3.8, 4) is 0 Å². The number of rotatable bonds is 4. The van der Waals surface area contributed by atoms with Crippen LogP contribution in [0.5, 0.6) is 0 Å². The van der Waals surface area contributed by atoms with E-state index in [0.29, 0.717) is 5.82 Å². The van der Waals surface area contributed by atoms with Crippen LogP contribution in [0.15, 0.2) is 17.2 Å². The Morgan fingerprint density at radius 2 is 2.33 bits per heavy atom. The van der Waals surface area contributed by atoms with Crippen LogP contribution in [0.4, 0.5) is 5.82 Å². The Balaban J connectivity index is 2.98. The van der Waals surface area contributed by atoms with Crippen molar-refractivity contribution in [2.75, 3.05) is 11.4 Å². The van der Waals surface area contributed by atoms with Crippen molar-refractivity contribution in [3.05, 3.63) is 22.7 Å². The van der Waals surface area contributed by atoms with E-state index in [2.05, 4.69) is 9.97 Å². The molecule has 0 spiro atoms. The summed E-state index contributed by atoms with van der Waals surface area (Å²) in [5.74, 6) is -0.582. The van der Waals surface area contributed by atoms with Gasteiger partial charge in [0.1, 0.15) is 12.4 Å². The van der Waals surface area contributed by atoms with Gasteiger partial charge in [0.2, 0.25) is 0 Å². The summed E-state index contributed by atoms with van der Waals surface area (Å²) in [5, 5.41) is 8.71. The van der Waals surface area contributed by atoms with Crippen LogP contribution in [0, 0.1) is 0 Å². The molecule has 0 saturated carbocycles. The van der Waals surface area contributed by atoms with Crippen LogP contribution in [-0.2, 0) is 4.79 Å². The summed E-state index contributed by atoms with van der Waals surface area (Å²) in [6.07, 6.45) is 1.26. The fraction of sp³-hybridized carbons (Fsp3) is 0.444.